The van der Waals surface area contributed by atoms with Crippen LogP contribution in [0.5, 0.6) is 0 Å². The lowest BCUT2D eigenvalue weighted by Gasteiger charge is -2.34. The van der Waals surface area contributed by atoms with Crippen LogP contribution in [0.1, 0.15) is 49.4 Å². The highest BCUT2D eigenvalue weighted by molar-refractivity contribution is 5.74. The van der Waals surface area contributed by atoms with E-state index in [0.717, 1.165) is 18.4 Å². The molecule has 0 radical (unpaired) electrons. The van der Waals surface area contributed by atoms with Crippen LogP contribution in [0.4, 0.5) is 4.79 Å². The molecule has 1 fully saturated rings. The van der Waals surface area contributed by atoms with Gasteiger partial charge in [-0.05, 0) is 24.5 Å². The molecule has 7 nitrogen and oxygen atoms in total. The first-order valence-corrected chi connectivity index (χ1v) is 8.45. The second-order valence-electron chi connectivity index (χ2n) is 6.17. The van der Waals surface area contributed by atoms with Crippen molar-refractivity contribution in [3.63, 3.8) is 0 Å². The Labute approximate surface area is 141 Å². The van der Waals surface area contributed by atoms with Crippen LogP contribution >= 0.6 is 0 Å². The summed E-state index contributed by atoms with van der Waals surface area (Å²) in [6.07, 6.45) is 9.25. The molecule has 2 aromatic rings. The Hall–Kier alpha value is -2.44. The zero-order valence-corrected chi connectivity index (χ0v) is 13.9. The zero-order chi connectivity index (χ0) is 16.8. The Kier molecular flexibility index (Phi) is 5.40. The summed E-state index contributed by atoms with van der Waals surface area (Å²) in [6, 6.07) is 4.08. The minimum absolute atomic E-state index is 0.0896. The largest absolute Gasteiger partial charge is 0.340 e. The zero-order valence-electron chi connectivity index (χ0n) is 13.9. The van der Waals surface area contributed by atoms with Crippen molar-refractivity contribution < 1.29 is 9.32 Å². The van der Waals surface area contributed by atoms with E-state index in [1.54, 1.807) is 13.1 Å². The lowest BCUT2D eigenvalue weighted by molar-refractivity contribution is 0.150. The van der Waals surface area contributed by atoms with Gasteiger partial charge in [0.05, 0.1) is 6.54 Å². The number of pyridine rings is 1. The van der Waals surface area contributed by atoms with Gasteiger partial charge in [-0.3, -0.25) is 4.98 Å². The summed E-state index contributed by atoms with van der Waals surface area (Å²) in [5, 5.41) is 6.73. The number of carbonyl (C=O) groups excluding carboxylic acids is 1. The number of nitrogens with zero attached hydrogens (tertiary/aromatic N) is 4. The third-order valence-electron chi connectivity index (χ3n) is 4.32. The van der Waals surface area contributed by atoms with E-state index in [9.17, 15) is 4.79 Å². The summed E-state index contributed by atoms with van der Waals surface area (Å²) in [6.45, 7) is 2.57. The van der Waals surface area contributed by atoms with Gasteiger partial charge in [-0.15, -0.1) is 0 Å². The molecule has 0 aliphatic heterocycles. The maximum absolute atomic E-state index is 12.7. The monoisotopic (exact) mass is 329 g/mol. The summed E-state index contributed by atoms with van der Waals surface area (Å²) >= 11 is 0. The third-order valence-corrected chi connectivity index (χ3v) is 4.32. The number of urea groups is 1. The molecule has 2 amide bonds. The van der Waals surface area contributed by atoms with E-state index >= 15 is 0 Å². The van der Waals surface area contributed by atoms with Gasteiger partial charge in [0.25, 0.3) is 0 Å². The minimum Gasteiger partial charge on any atom is -0.340 e. The summed E-state index contributed by atoms with van der Waals surface area (Å²) in [4.78, 5) is 22.9. The lowest BCUT2D eigenvalue weighted by Crippen LogP contribution is -2.46. The summed E-state index contributed by atoms with van der Waals surface area (Å²) < 4.78 is 4.93. The molecule has 0 spiro atoms. The number of hydrogen-bond donors (Lipinski definition) is 1. The fraction of sp³-hybridized carbons (Fsp3) is 0.529. The molecule has 7 heteroatoms. The van der Waals surface area contributed by atoms with E-state index in [0.29, 0.717) is 18.3 Å². The molecule has 3 rings (SSSR count). The van der Waals surface area contributed by atoms with Crippen molar-refractivity contribution in [3.05, 3.63) is 41.8 Å². The van der Waals surface area contributed by atoms with Crippen LogP contribution in [-0.2, 0) is 13.1 Å². The van der Waals surface area contributed by atoms with E-state index in [-0.39, 0.29) is 18.6 Å². The van der Waals surface area contributed by atoms with Gasteiger partial charge in [0.1, 0.15) is 0 Å². The molecule has 24 heavy (non-hydrogen) atoms. The highest BCUT2D eigenvalue weighted by Gasteiger charge is 2.25. The average molecular weight is 329 g/mol. The van der Waals surface area contributed by atoms with Crippen LogP contribution < -0.4 is 5.32 Å². The van der Waals surface area contributed by atoms with Crippen LogP contribution in [0.3, 0.4) is 0 Å². The van der Waals surface area contributed by atoms with E-state index < -0.39 is 0 Å². The van der Waals surface area contributed by atoms with Gasteiger partial charge >= 0.3 is 6.03 Å². The molecule has 128 valence electrons. The van der Waals surface area contributed by atoms with Gasteiger partial charge in [0.2, 0.25) is 5.89 Å². The molecular formula is C17H23N5O2. The van der Waals surface area contributed by atoms with Gasteiger partial charge in [-0.2, -0.15) is 4.98 Å². The fourth-order valence-electron chi connectivity index (χ4n) is 3.12. The average Bonchev–Trinajstić information content (AvgIpc) is 3.04. The smallest absolute Gasteiger partial charge is 0.318 e. The summed E-state index contributed by atoms with van der Waals surface area (Å²) in [7, 11) is 0. The van der Waals surface area contributed by atoms with Gasteiger partial charge in [-0.25, -0.2) is 4.79 Å². The Morgan fingerprint density at radius 3 is 2.88 bits per heavy atom. The van der Waals surface area contributed by atoms with Crippen LogP contribution in [0.2, 0.25) is 0 Å². The third kappa shape index (κ3) is 4.31. The Bertz CT molecular complexity index is 652. The summed E-state index contributed by atoms with van der Waals surface area (Å²) in [5.74, 6) is 0.990. The van der Waals surface area contributed by atoms with Gasteiger partial charge in [0, 0.05) is 31.9 Å². The summed E-state index contributed by atoms with van der Waals surface area (Å²) in [5.41, 5.74) is 1.04. The SMILES string of the molecule is Cc1nc(CNC(=O)N(Cc2cccnc2)C2CCCCC2)no1. The number of carbonyl (C=O) groups is 1. The molecule has 0 bridgehead atoms. The predicted octanol–water partition coefficient (Wildman–Crippen LogP) is 2.82. The molecule has 1 N–H and O–H groups in total. The van der Waals surface area contributed by atoms with Crippen molar-refractivity contribution in [2.75, 3.05) is 0 Å². The van der Waals surface area contributed by atoms with Crippen molar-refractivity contribution >= 4 is 6.03 Å². The second kappa shape index (κ2) is 7.90. The normalized spacial score (nSPS) is 15.2. The fourth-order valence-corrected chi connectivity index (χ4v) is 3.12. The maximum Gasteiger partial charge on any atom is 0.318 e. The van der Waals surface area contributed by atoms with Gasteiger partial charge in [-0.1, -0.05) is 30.5 Å². The molecule has 2 aromatic heterocycles. The van der Waals surface area contributed by atoms with Crippen LogP contribution in [0.15, 0.2) is 29.0 Å². The van der Waals surface area contributed by atoms with E-state index in [1.165, 1.54) is 19.3 Å². The highest BCUT2D eigenvalue weighted by Crippen LogP contribution is 2.24. The number of rotatable bonds is 5. The molecule has 2 heterocycles. The Balaban J connectivity index is 1.66. The number of aromatic nitrogens is 3. The first-order chi connectivity index (χ1) is 11.7. The van der Waals surface area contributed by atoms with Crippen LogP contribution in [0.25, 0.3) is 0 Å². The van der Waals surface area contributed by atoms with E-state index in [4.69, 9.17) is 4.52 Å². The quantitative estimate of drug-likeness (QED) is 0.912. The highest BCUT2D eigenvalue weighted by atomic mass is 16.5. The van der Waals surface area contributed by atoms with Crippen LogP contribution in [0, 0.1) is 6.92 Å². The van der Waals surface area contributed by atoms with Gasteiger partial charge in [0.15, 0.2) is 5.82 Å². The molecular weight excluding hydrogens is 306 g/mol. The topological polar surface area (TPSA) is 84.2 Å². The molecule has 0 unspecified atom stereocenters. The Morgan fingerprint density at radius 2 is 2.21 bits per heavy atom. The number of nitrogens with one attached hydrogen (secondary N) is 1. The van der Waals surface area contributed by atoms with E-state index in [2.05, 4.69) is 20.4 Å². The van der Waals surface area contributed by atoms with E-state index in [1.807, 2.05) is 23.2 Å². The standard InChI is InChI=1S/C17H23N5O2/c1-13-20-16(21-24-13)11-19-17(23)22(15-7-3-2-4-8-15)12-14-6-5-9-18-10-14/h5-6,9-10,15H,2-4,7-8,11-12H2,1H3,(H,19,23). The van der Waals surface area contributed by atoms with Crippen molar-refractivity contribution in [3.8, 4) is 0 Å². The molecule has 0 aromatic carbocycles. The second-order valence-corrected chi connectivity index (χ2v) is 6.17. The number of aryl methyl sites for hydroxylation is 1. The Morgan fingerprint density at radius 1 is 1.38 bits per heavy atom. The maximum atomic E-state index is 12.7. The molecule has 1 aliphatic rings. The van der Waals surface area contributed by atoms with Crippen molar-refractivity contribution in [1.29, 1.82) is 0 Å². The molecule has 1 saturated carbocycles. The molecule has 0 saturated heterocycles. The van der Waals surface area contributed by atoms with Crippen LogP contribution in [-0.4, -0.2) is 32.1 Å². The lowest BCUT2D eigenvalue weighted by atomic mass is 9.94. The number of hydrogen-bond acceptors (Lipinski definition) is 5. The van der Waals surface area contributed by atoms with Crippen molar-refractivity contribution in [2.24, 2.45) is 0 Å². The van der Waals surface area contributed by atoms with Crippen molar-refractivity contribution in [1.82, 2.24) is 25.3 Å². The van der Waals surface area contributed by atoms with Gasteiger partial charge < -0.3 is 14.7 Å². The van der Waals surface area contributed by atoms with Crippen molar-refractivity contribution in [2.45, 2.75) is 58.2 Å². The first-order valence-electron chi connectivity index (χ1n) is 8.45. The number of amides is 2. The minimum atomic E-state index is -0.0896. The predicted molar refractivity (Wildman–Crippen MR) is 87.9 cm³/mol. The molecule has 0 atom stereocenters. The first kappa shape index (κ1) is 16.4. The molecule has 1 aliphatic carbocycles.